The largest absolute Gasteiger partial charge is 0.389 e. The maximum Gasteiger partial charge on any atom is 0.248 e. The molecule has 1 aromatic heterocycles. The number of rotatable bonds is 4. The van der Waals surface area contributed by atoms with Gasteiger partial charge in [-0.15, -0.1) is 0 Å². The summed E-state index contributed by atoms with van der Waals surface area (Å²) >= 11 is 4.97. The number of anilines is 1. The molecule has 6 heteroatoms. The molecule has 2 aromatic rings. The Morgan fingerprint density at radius 2 is 2.15 bits per heavy atom. The van der Waals surface area contributed by atoms with Gasteiger partial charge in [-0.3, -0.25) is 9.48 Å². The summed E-state index contributed by atoms with van der Waals surface area (Å²) in [7, 11) is 0. The van der Waals surface area contributed by atoms with Crippen LogP contribution >= 0.6 is 12.2 Å². The summed E-state index contributed by atoms with van der Waals surface area (Å²) in [6, 6.07) is 6.78. The maximum atomic E-state index is 12.2. The van der Waals surface area contributed by atoms with Crippen LogP contribution in [0.5, 0.6) is 0 Å². The highest BCUT2D eigenvalue weighted by atomic mass is 32.1. The average Bonchev–Trinajstić information content (AvgIpc) is 2.84. The number of carbonyl (C=O) groups excluding carboxylic acids is 1. The van der Waals surface area contributed by atoms with Gasteiger partial charge in [-0.25, -0.2) is 0 Å². The van der Waals surface area contributed by atoms with Crippen LogP contribution in [0.1, 0.15) is 24.1 Å². The van der Waals surface area contributed by atoms with Crippen LogP contribution in [0.15, 0.2) is 36.7 Å². The van der Waals surface area contributed by atoms with Crippen molar-refractivity contribution < 1.29 is 4.79 Å². The molecule has 0 saturated heterocycles. The first-order valence-electron chi connectivity index (χ1n) is 6.19. The summed E-state index contributed by atoms with van der Waals surface area (Å²) < 4.78 is 1.62. The van der Waals surface area contributed by atoms with E-state index < -0.39 is 6.04 Å². The van der Waals surface area contributed by atoms with Crippen molar-refractivity contribution in [1.82, 2.24) is 9.78 Å². The van der Waals surface area contributed by atoms with Crippen molar-refractivity contribution in [3.8, 4) is 0 Å². The second-order valence-electron chi connectivity index (χ2n) is 4.57. The van der Waals surface area contributed by atoms with Gasteiger partial charge < -0.3 is 11.1 Å². The van der Waals surface area contributed by atoms with Crippen LogP contribution in [0.25, 0.3) is 0 Å². The van der Waals surface area contributed by atoms with E-state index in [2.05, 4.69) is 10.4 Å². The molecule has 1 heterocycles. The van der Waals surface area contributed by atoms with Gasteiger partial charge in [-0.2, -0.15) is 5.10 Å². The molecule has 1 unspecified atom stereocenters. The first-order chi connectivity index (χ1) is 9.49. The number of nitrogens with one attached hydrogen (secondary N) is 1. The molecule has 0 bridgehead atoms. The normalized spacial score (nSPS) is 11.9. The molecule has 0 fully saturated rings. The van der Waals surface area contributed by atoms with Gasteiger partial charge in [0.15, 0.2) is 0 Å². The molecule has 0 aliphatic carbocycles. The van der Waals surface area contributed by atoms with Crippen molar-refractivity contribution >= 4 is 28.8 Å². The van der Waals surface area contributed by atoms with Crippen LogP contribution in [0, 0.1) is 6.92 Å². The van der Waals surface area contributed by atoms with E-state index in [0.29, 0.717) is 11.3 Å². The summed E-state index contributed by atoms with van der Waals surface area (Å²) in [6.45, 7) is 3.71. The Morgan fingerprint density at radius 1 is 1.45 bits per heavy atom. The van der Waals surface area contributed by atoms with Crippen molar-refractivity contribution in [2.45, 2.75) is 19.9 Å². The number of thiocarbonyl (C=S) groups is 1. The van der Waals surface area contributed by atoms with Gasteiger partial charge in [-0.1, -0.05) is 24.4 Å². The molecule has 0 aliphatic rings. The Balaban J connectivity index is 2.18. The average molecular weight is 288 g/mol. The summed E-state index contributed by atoms with van der Waals surface area (Å²) in [5, 5.41) is 6.97. The minimum Gasteiger partial charge on any atom is -0.389 e. The molecule has 0 saturated carbocycles. The molecular formula is C14H16N4OS. The lowest BCUT2D eigenvalue weighted by Crippen LogP contribution is -2.25. The number of aryl methyl sites for hydroxylation is 1. The van der Waals surface area contributed by atoms with E-state index in [4.69, 9.17) is 18.0 Å². The second-order valence-corrected chi connectivity index (χ2v) is 5.01. The van der Waals surface area contributed by atoms with Crippen LogP contribution < -0.4 is 11.1 Å². The smallest absolute Gasteiger partial charge is 0.248 e. The number of hydrogen-bond acceptors (Lipinski definition) is 3. The van der Waals surface area contributed by atoms with Crippen LogP contribution in [0.3, 0.4) is 0 Å². The Morgan fingerprint density at radius 3 is 2.75 bits per heavy atom. The number of aromatic nitrogens is 2. The standard InChI is InChI=1S/C14H16N4OS/c1-9-7-16-18(8-9)10(2)14(19)17-12-6-4-3-5-11(12)13(15)20/h3-8,10H,1-2H3,(H2,15,20)(H,17,19). The Labute approximate surface area is 122 Å². The van der Waals surface area contributed by atoms with E-state index in [1.165, 1.54) is 0 Å². The van der Waals surface area contributed by atoms with Gasteiger partial charge in [-0.05, 0) is 31.5 Å². The van der Waals surface area contributed by atoms with Crippen molar-refractivity contribution in [2.75, 3.05) is 5.32 Å². The predicted octanol–water partition coefficient (Wildman–Crippen LogP) is 2.03. The van der Waals surface area contributed by atoms with Crippen molar-refractivity contribution in [3.05, 3.63) is 47.8 Å². The highest BCUT2D eigenvalue weighted by Crippen LogP contribution is 2.17. The zero-order chi connectivity index (χ0) is 14.7. The van der Waals surface area contributed by atoms with E-state index in [1.54, 1.807) is 29.9 Å². The van der Waals surface area contributed by atoms with Crippen LogP contribution in [0.4, 0.5) is 5.69 Å². The third kappa shape index (κ3) is 3.03. The zero-order valence-corrected chi connectivity index (χ0v) is 12.1. The van der Waals surface area contributed by atoms with Crippen molar-refractivity contribution in [1.29, 1.82) is 0 Å². The first-order valence-corrected chi connectivity index (χ1v) is 6.60. The lowest BCUT2D eigenvalue weighted by molar-refractivity contribution is -0.119. The van der Waals surface area contributed by atoms with Crippen LogP contribution in [-0.2, 0) is 4.79 Å². The lowest BCUT2D eigenvalue weighted by Gasteiger charge is -2.14. The van der Waals surface area contributed by atoms with E-state index in [9.17, 15) is 4.79 Å². The van der Waals surface area contributed by atoms with E-state index in [0.717, 1.165) is 5.56 Å². The fourth-order valence-electron chi connectivity index (χ4n) is 1.81. The summed E-state index contributed by atoms with van der Waals surface area (Å²) in [5.74, 6) is -0.170. The Kier molecular flexibility index (Phi) is 4.14. The number of benzene rings is 1. The summed E-state index contributed by atoms with van der Waals surface area (Å²) in [4.78, 5) is 12.5. The molecule has 1 atom stereocenters. The second kappa shape index (κ2) is 5.83. The SMILES string of the molecule is Cc1cnn(C(C)C(=O)Nc2ccccc2C(N)=S)c1. The molecule has 3 N–H and O–H groups in total. The molecule has 2 rings (SSSR count). The molecule has 0 spiro atoms. The third-order valence-corrected chi connectivity index (χ3v) is 3.18. The van der Waals surface area contributed by atoms with Crippen molar-refractivity contribution in [2.24, 2.45) is 5.73 Å². The predicted molar refractivity (Wildman–Crippen MR) is 82.6 cm³/mol. The van der Waals surface area contributed by atoms with Gasteiger partial charge >= 0.3 is 0 Å². The maximum absolute atomic E-state index is 12.2. The first kappa shape index (κ1) is 14.2. The van der Waals surface area contributed by atoms with Gasteiger partial charge in [0, 0.05) is 11.8 Å². The monoisotopic (exact) mass is 288 g/mol. The van der Waals surface area contributed by atoms with E-state index in [-0.39, 0.29) is 10.9 Å². The van der Waals surface area contributed by atoms with Gasteiger partial charge in [0.25, 0.3) is 0 Å². The molecule has 5 nitrogen and oxygen atoms in total. The molecule has 0 aliphatic heterocycles. The van der Waals surface area contributed by atoms with E-state index >= 15 is 0 Å². The lowest BCUT2D eigenvalue weighted by atomic mass is 10.1. The van der Waals surface area contributed by atoms with Gasteiger partial charge in [0.05, 0.1) is 11.9 Å². The minimum absolute atomic E-state index is 0.170. The van der Waals surface area contributed by atoms with Crippen LogP contribution in [0.2, 0.25) is 0 Å². The highest BCUT2D eigenvalue weighted by Gasteiger charge is 2.17. The van der Waals surface area contributed by atoms with Crippen molar-refractivity contribution in [3.63, 3.8) is 0 Å². The Hall–Kier alpha value is -2.21. The number of nitrogens with zero attached hydrogens (tertiary/aromatic N) is 2. The molecule has 1 amide bonds. The van der Waals surface area contributed by atoms with E-state index in [1.807, 2.05) is 25.3 Å². The molecule has 1 aromatic carbocycles. The fraction of sp³-hybridized carbons (Fsp3) is 0.214. The summed E-state index contributed by atoms with van der Waals surface area (Å²) in [5.41, 5.74) is 7.92. The molecule has 104 valence electrons. The number of hydrogen-bond donors (Lipinski definition) is 2. The zero-order valence-electron chi connectivity index (χ0n) is 11.3. The molecule has 20 heavy (non-hydrogen) atoms. The molecule has 0 radical (unpaired) electrons. The number of para-hydroxylation sites is 1. The Bertz CT molecular complexity index is 650. The number of amides is 1. The van der Waals surface area contributed by atoms with Gasteiger partial charge in [0.1, 0.15) is 11.0 Å². The third-order valence-electron chi connectivity index (χ3n) is 2.96. The van der Waals surface area contributed by atoms with Crippen LogP contribution in [-0.4, -0.2) is 20.7 Å². The number of nitrogens with two attached hydrogens (primary N) is 1. The highest BCUT2D eigenvalue weighted by molar-refractivity contribution is 7.80. The topological polar surface area (TPSA) is 72.9 Å². The molecular weight excluding hydrogens is 272 g/mol. The quantitative estimate of drug-likeness (QED) is 0.844. The minimum atomic E-state index is -0.414. The fourth-order valence-corrected chi connectivity index (χ4v) is 1.99. The summed E-state index contributed by atoms with van der Waals surface area (Å²) in [6.07, 6.45) is 3.54. The van der Waals surface area contributed by atoms with Gasteiger partial charge in [0.2, 0.25) is 5.91 Å². The number of carbonyl (C=O) groups is 1.